The zero-order valence-corrected chi connectivity index (χ0v) is 17.9. The molecule has 0 saturated carbocycles. The number of nitrogens with two attached hydrogens (primary N) is 1. The Morgan fingerprint density at radius 1 is 1.31 bits per heavy atom. The number of nitrogens with one attached hydrogen (secondary N) is 2. The summed E-state index contributed by atoms with van der Waals surface area (Å²) in [6.07, 6.45) is -5.30. The molecule has 1 aromatic carbocycles. The zero-order chi connectivity index (χ0) is 23.5. The summed E-state index contributed by atoms with van der Waals surface area (Å²) in [7, 11) is -4.41. The van der Waals surface area contributed by atoms with Crippen molar-refractivity contribution in [1.29, 1.82) is 0 Å². The molecule has 8 nitrogen and oxygen atoms in total. The Hall–Kier alpha value is -2.80. The van der Waals surface area contributed by atoms with E-state index in [2.05, 4.69) is 15.3 Å². The molecule has 0 aliphatic carbocycles. The lowest BCUT2D eigenvalue weighted by molar-refractivity contribution is -0.285. The van der Waals surface area contributed by atoms with E-state index in [9.17, 15) is 26.0 Å². The first-order valence-electron chi connectivity index (χ1n) is 9.66. The van der Waals surface area contributed by atoms with Gasteiger partial charge in [-0.25, -0.2) is 12.8 Å². The van der Waals surface area contributed by atoms with Crippen LogP contribution in [0.3, 0.4) is 0 Å². The fraction of sp³-hybridized carbons (Fsp3) is 0.421. The molecule has 174 valence electrons. The smallest absolute Gasteiger partial charge is 0.384 e. The number of hydrogen-bond acceptors (Lipinski definition) is 7. The van der Waals surface area contributed by atoms with Crippen molar-refractivity contribution >= 4 is 21.5 Å². The summed E-state index contributed by atoms with van der Waals surface area (Å²) in [5.41, 5.74) is 3.55. The van der Waals surface area contributed by atoms with Crippen LogP contribution in [0, 0.1) is 5.82 Å². The highest BCUT2D eigenvalue weighted by molar-refractivity contribution is 7.91. The molecule has 1 saturated heterocycles. The molecule has 2 unspecified atom stereocenters. The van der Waals surface area contributed by atoms with Crippen LogP contribution in [0.15, 0.2) is 39.0 Å². The Morgan fingerprint density at radius 2 is 2.00 bits per heavy atom. The van der Waals surface area contributed by atoms with Crippen LogP contribution in [0.4, 0.5) is 23.4 Å². The van der Waals surface area contributed by atoms with Gasteiger partial charge in [-0.3, -0.25) is 4.99 Å². The lowest BCUT2D eigenvalue weighted by Gasteiger charge is -2.43. The molecule has 2 aromatic rings. The summed E-state index contributed by atoms with van der Waals surface area (Å²) >= 11 is 0. The van der Waals surface area contributed by atoms with Crippen molar-refractivity contribution in [3.05, 3.63) is 40.8 Å². The largest absolute Gasteiger partial charge is 0.418 e. The van der Waals surface area contributed by atoms with E-state index in [1.54, 1.807) is 6.92 Å². The van der Waals surface area contributed by atoms with Crippen molar-refractivity contribution in [3.63, 3.8) is 0 Å². The molecule has 2 aliphatic heterocycles. The summed E-state index contributed by atoms with van der Waals surface area (Å²) in [6.45, 7) is 1.95. The van der Waals surface area contributed by atoms with E-state index < -0.39 is 49.9 Å². The number of sulfone groups is 1. The molecule has 0 bridgehead atoms. The van der Waals surface area contributed by atoms with Crippen LogP contribution in [0.25, 0.3) is 5.82 Å². The van der Waals surface area contributed by atoms with Crippen LogP contribution in [-0.2, 0) is 14.6 Å². The first kappa shape index (κ1) is 22.4. The Kier molecular flexibility index (Phi) is 5.16. The van der Waals surface area contributed by atoms with E-state index in [0.717, 1.165) is 19.1 Å². The second-order valence-electron chi connectivity index (χ2n) is 7.82. The summed E-state index contributed by atoms with van der Waals surface area (Å²) < 4.78 is 86.4. The molecule has 2 aliphatic rings. The number of fused-ring (bicyclic) bond motifs is 1. The van der Waals surface area contributed by atoms with Gasteiger partial charge in [-0.1, -0.05) is 12.1 Å². The van der Waals surface area contributed by atoms with Crippen LogP contribution in [0.1, 0.15) is 13.8 Å². The van der Waals surface area contributed by atoms with Gasteiger partial charge in [0, 0.05) is 6.54 Å². The molecule has 1 fully saturated rings. The van der Waals surface area contributed by atoms with Gasteiger partial charge in [-0.15, -0.1) is 0 Å². The normalized spacial score (nSPS) is 24.0. The molecule has 3 heterocycles. The number of nitrogens with zero attached hydrogens (tertiary/aromatic N) is 2. The number of hydrogen-bond donors (Lipinski definition) is 3. The molecule has 32 heavy (non-hydrogen) atoms. The number of ether oxygens (including phenoxy) is 1. The second kappa shape index (κ2) is 7.37. The predicted molar refractivity (Wildman–Crippen MR) is 106 cm³/mol. The minimum absolute atomic E-state index is 0.0628. The van der Waals surface area contributed by atoms with Crippen molar-refractivity contribution in [2.24, 2.45) is 4.99 Å². The third kappa shape index (κ3) is 3.48. The molecule has 13 heteroatoms. The van der Waals surface area contributed by atoms with E-state index >= 15 is 0 Å². The Morgan fingerprint density at radius 3 is 2.66 bits per heavy atom. The summed E-state index contributed by atoms with van der Waals surface area (Å²) in [5, 5.41) is 3.02. The van der Waals surface area contributed by atoms with Crippen LogP contribution in [0.2, 0.25) is 0 Å². The van der Waals surface area contributed by atoms with Gasteiger partial charge in [0.05, 0.1) is 13.2 Å². The van der Waals surface area contributed by atoms with Crippen molar-refractivity contribution in [2.45, 2.75) is 41.6 Å². The highest BCUT2D eigenvalue weighted by Gasteiger charge is 2.55. The first-order chi connectivity index (χ1) is 14.8. The summed E-state index contributed by atoms with van der Waals surface area (Å²) in [5.74, 6) is -1.03. The standard InChI is InChI=1S/C19H21F4N5O3S/c1-10-25-13-14(17(26-10)28-7-8-31-18(2,9-28)19(21,22)23)27-16(24)15(13)32(29,30)12-6-4-3-5-11(12)20/h3-6,10,26-27H,7-9,24H2,1-2H3. The van der Waals surface area contributed by atoms with Crippen LogP contribution >= 0.6 is 0 Å². The zero-order valence-electron chi connectivity index (χ0n) is 17.1. The molecule has 1 aromatic heterocycles. The maximum atomic E-state index is 14.3. The van der Waals surface area contributed by atoms with E-state index in [-0.39, 0.29) is 35.5 Å². The number of nitrogen functional groups attached to an aromatic ring is 1. The molecule has 0 spiro atoms. The Bertz CT molecular complexity index is 1290. The number of H-pyrrole nitrogens is 1. The topological polar surface area (TPSA) is 113 Å². The highest BCUT2D eigenvalue weighted by atomic mass is 32.2. The highest BCUT2D eigenvalue weighted by Crippen LogP contribution is 2.36. The Balaban J connectivity index is 1.91. The van der Waals surface area contributed by atoms with Gasteiger partial charge in [-0.05, 0) is 26.0 Å². The lowest BCUT2D eigenvalue weighted by Crippen LogP contribution is -2.60. The molecular formula is C19H21F4N5O3S. The van der Waals surface area contributed by atoms with Crippen molar-refractivity contribution in [3.8, 4) is 0 Å². The SMILES string of the molecule is CC1N=c2c(S(=O)(=O)c3ccccc3F)c(N)[nH]c2=C(N2CCOC(C)(C(F)(F)F)C2)N1. The average Bonchev–Trinajstić information content (AvgIpc) is 3.03. The lowest BCUT2D eigenvalue weighted by atomic mass is 10.0. The van der Waals surface area contributed by atoms with E-state index in [4.69, 9.17) is 10.5 Å². The van der Waals surface area contributed by atoms with Gasteiger partial charge in [-0.2, -0.15) is 13.2 Å². The maximum absolute atomic E-state index is 14.3. The fourth-order valence-corrected chi connectivity index (χ4v) is 5.36. The molecule has 4 rings (SSSR count). The molecule has 0 radical (unpaired) electrons. The van der Waals surface area contributed by atoms with Gasteiger partial charge in [0.2, 0.25) is 9.84 Å². The Labute approximate surface area is 180 Å². The number of anilines is 1. The van der Waals surface area contributed by atoms with Crippen molar-refractivity contribution in [1.82, 2.24) is 15.2 Å². The third-order valence-corrected chi connectivity index (χ3v) is 7.31. The minimum atomic E-state index is -4.62. The monoisotopic (exact) mass is 475 g/mol. The first-order valence-corrected chi connectivity index (χ1v) is 11.1. The summed E-state index contributed by atoms with van der Waals surface area (Å²) in [4.78, 5) is 7.42. The van der Waals surface area contributed by atoms with Crippen molar-refractivity contribution < 1.29 is 30.7 Å². The predicted octanol–water partition coefficient (Wildman–Crippen LogP) is 0.857. The van der Waals surface area contributed by atoms with Gasteiger partial charge in [0.25, 0.3) is 0 Å². The van der Waals surface area contributed by atoms with Gasteiger partial charge in [0.1, 0.15) is 44.1 Å². The number of aromatic nitrogens is 1. The van der Waals surface area contributed by atoms with Crippen LogP contribution in [0.5, 0.6) is 0 Å². The van der Waals surface area contributed by atoms with Crippen LogP contribution in [-0.4, -0.2) is 55.9 Å². The minimum Gasteiger partial charge on any atom is -0.384 e. The molecule has 2 atom stereocenters. The summed E-state index contributed by atoms with van der Waals surface area (Å²) in [6, 6.07) is 4.83. The number of rotatable bonds is 3. The van der Waals surface area contributed by atoms with Crippen molar-refractivity contribution in [2.75, 3.05) is 25.4 Å². The number of halogens is 4. The second-order valence-corrected chi connectivity index (χ2v) is 9.68. The van der Waals surface area contributed by atoms with Gasteiger partial charge < -0.3 is 25.7 Å². The molecule has 0 amide bonds. The quantitative estimate of drug-likeness (QED) is 0.568. The number of morpholine rings is 1. The van der Waals surface area contributed by atoms with Gasteiger partial charge >= 0.3 is 6.18 Å². The number of aromatic amines is 1. The molecule has 4 N–H and O–H groups in total. The van der Waals surface area contributed by atoms with E-state index in [1.165, 1.54) is 17.0 Å². The number of alkyl halides is 3. The van der Waals surface area contributed by atoms with Gasteiger partial charge in [0.15, 0.2) is 5.60 Å². The average molecular weight is 475 g/mol. The number of benzene rings is 1. The van der Waals surface area contributed by atoms with E-state index in [1.807, 2.05) is 0 Å². The fourth-order valence-electron chi connectivity index (χ4n) is 3.81. The van der Waals surface area contributed by atoms with E-state index in [0.29, 0.717) is 0 Å². The maximum Gasteiger partial charge on any atom is 0.418 e. The van der Waals surface area contributed by atoms with Crippen LogP contribution < -0.4 is 21.8 Å². The third-order valence-electron chi connectivity index (χ3n) is 5.45. The molecular weight excluding hydrogens is 454 g/mol.